The first-order chi connectivity index (χ1) is 8.02. The van der Waals surface area contributed by atoms with Crippen molar-refractivity contribution >= 4 is 15.9 Å². The van der Waals surface area contributed by atoms with Gasteiger partial charge in [-0.1, -0.05) is 0 Å². The van der Waals surface area contributed by atoms with Crippen molar-refractivity contribution in [1.82, 2.24) is 9.55 Å². The number of ether oxygens (including phenoxy) is 1. The minimum atomic E-state index is -0.831. The van der Waals surface area contributed by atoms with E-state index in [2.05, 4.69) is 20.9 Å². The van der Waals surface area contributed by atoms with Crippen molar-refractivity contribution < 1.29 is 14.9 Å². The largest absolute Gasteiger partial charge is 0.394 e. The zero-order valence-corrected chi connectivity index (χ0v) is 10.3. The highest BCUT2D eigenvalue weighted by molar-refractivity contribution is 9.10. The molecule has 2 heterocycles. The van der Waals surface area contributed by atoms with E-state index in [0.29, 0.717) is 0 Å². The molecule has 1 aliphatic rings. The second-order valence-electron chi connectivity index (χ2n) is 3.76. The Morgan fingerprint density at radius 3 is 2.88 bits per heavy atom. The molecule has 3 atom stereocenters. The van der Waals surface area contributed by atoms with Gasteiger partial charge in [-0.15, -0.1) is 0 Å². The van der Waals surface area contributed by atoms with Crippen LogP contribution in [0.25, 0.3) is 0 Å². The third-order valence-corrected chi connectivity index (χ3v) is 3.18. The molecule has 17 heavy (non-hydrogen) atoms. The molecule has 0 amide bonds. The van der Waals surface area contributed by atoms with Gasteiger partial charge in [0.2, 0.25) is 0 Å². The second-order valence-corrected chi connectivity index (χ2v) is 4.61. The van der Waals surface area contributed by atoms with E-state index in [4.69, 9.17) is 9.84 Å². The van der Waals surface area contributed by atoms with Crippen LogP contribution >= 0.6 is 15.9 Å². The maximum absolute atomic E-state index is 11.5. The molecule has 94 valence electrons. The normalized spacial score (nSPS) is 28.5. The summed E-state index contributed by atoms with van der Waals surface area (Å²) in [6, 6.07) is 0. The first kappa shape index (κ1) is 12.5. The van der Waals surface area contributed by atoms with Crippen molar-refractivity contribution in [3.05, 3.63) is 31.5 Å². The number of halogens is 1. The molecule has 7 nitrogen and oxygen atoms in total. The van der Waals surface area contributed by atoms with Crippen LogP contribution in [-0.2, 0) is 4.74 Å². The number of hydrogen-bond acceptors (Lipinski definition) is 5. The molecule has 0 aromatic carbocycles. The number of aliphatic hydroxyl groups is 2. The van der Waals surface area contributed by atoms with E-state index in [9.17, 15) is 14.7 Å². The van der Waals surface area contributed by atoms with Crippen LogP contribution < -0.4 is 11.2 Å². The van der Waals surface area contributed by atoms with E-state index in [1.54, 1.807) is 0 Å². The minimum absolute atomic E-state index is 0.184. The number of rotatable bonds is 2. The molecule has 2 rings (SSSR count). The number of aromatic amines is 1. The van der Waals surface area contributed by atoms with E-state index in [1.807, 2.05) is 0 Å². The van der Waals surface area contributed by atoms with Gasteiger partial charge in [0.1, 0.15) is 12.3 Å². The Hall–Kier alpha value is -0.960. The fourth-order valence-corrected chi connectivity index (χ4v) is 2.04. The van der Waals surface area contributed by atoms with Gasteiger partial charge < -0.3 is 14.9 Å². The number of aromatic nitrogens is 2. The maximum Gasteiger partial charge on any atom is 0.330 e. The van der Waals surface area contributed by atoms with Gasteiger partial charge in [0.05, 0.1) is 17.2 Å². The molecule has 1 unspecified atom stereocenters. The fraction of sp³-hybridized carbons (Fsp3) is 0.556. The van der Waals surface area contributed by atoms with Crippen LogP contribution in [0.1, 0.15) is 12.6 Å². The lowest BCUT2D eigenvalue weighted by molar-refractivity contribution is -0.0459. The van der Waals surface area contributed by atoms with Gasteiger partial charge in [0.25, 0.3) is 5.56 Å². The van der Waals surface area contributed by atoms with E-state index < -0.39 is 29.7 Å². The quantitative estimate of drug-likeness (QED) is 0.646. The third kappa shape index (κ3) is 2.34. The van der Waals surface area contributed by atoms with Crippen LogP contribution in [0, 0.1) is 0 Å². The molecule has 0 saturated carbocycles. The number of H-pyrrole nitrogens is 1. The highest BCUT2D eigenvalue weighted by Gasteiger charge is 2.35. The predicted molar refractivity (Wildman–Crippen MR) is 60.6 cm³/mol. The Morgan fingerprint density at radius 2 is 2.29 bits per heavy atom. The summed E-state index contributed by atoms with van der Waals surface area (Å²) in [5.74, 6) is 0. The Balaban J connectivity index is 2.34. The molecule has 8 heteroatoms. The summed E-state index contributed by atoms with van der Waals surface area (Å²) in [6.45, 7) is -0.322. The minimum Gasteiger partial charge on any atom is -0.394 e. The molecule has 0 spiro atoms. The molecule has 1 fully saturated rings. The van der Waals surface area contributed by atoms with Crippen molar-refractivity contribution in [3.8, 4) is 0 Å². The van der Waals surface area contributed by atoms with Crippen molar-refractivity contribution in [2.24, 2.45) is 0 Å². The lowest BCUT2D eigenvalue weighted by atomic mass is 10.2. The molecule has 0 aliphatic carbocycles. The summed E-state index contributed by atoms with van der Waals surface area (Å²) in [7, 11) is 0. The molecule has 3 N–H and O–H groups in total. The zero-order chi connectivity index (χ0) is 12.6. The summed E-state index contributed by atoms with van der Waals surface area (Å²) in [4.78, 5) is 24.8. The van der Waals surface area contributed by atoms with E-state index in [-0.39, 0.29) is 17.5 Å². The van der Waals surface area contributed by atoms with Gasteiger partial charge >= 0.3 is 5.69 Å². The lowest BCUT2D eigenvalue weighted by Gasteiger charge is -2.14. The monoisotopic (exact) mass is 306 g/mol. The second kappa shape index (κ2) is 4.73. The first-order valence-corrected chi connectivity index (χ1v) is 5.77. The van der Waals surface area contributed by atoms with Gasteiger partial charge in [-0.2, -0.15) is 0 Å². The Bertz CT molecular complexity index is 525. The molecule has 1 aromatic heterocycles. The summed E-state index contributed by atoms with van der Waals surface area (Å²) in [5.41, 5.74) is -1.14. The van der Waals surface area contributed by atoms with Crippen molar-refractivity contribution in [3.63, 3.8) is 0 Å². The molecule has 0 bridgehead atoms. The summed E-state index contributed by atoms with van der Waals surface area (Å²) >= 11 is 3.00. The molecule has 1 aliphatic heterocycles. The summed E-state index contributed by atoms with van der Waals surface area (Å²) in [5, 5.41) is 18.5. The summed E-state index contributed by atoms with van der Waals surface area (Å²) in [6.07, 6.45) is -0.745. The van der Waals surface area contributed by atoms with E-state index >= 15 is 0 Å². The van der Waals surface area contributed by atoms with Crippen molar-refractivity contribution in [1.29, 1.82) is 0 Å². The fourth-order valence-electron chi connectivity index (χ4n) is 1.72. The smallest absolute Gasteiger partial charge is 0.330 e. The standard InChI is InChI=1S/C9H11BrN2O5/c10-4-2-12(9(16)11-8(4)15)7-1-5(14)6(3-13)17-7/h2,5-7,13-14H,1,3H2,(H,11,15,16)/t5-,6?,7-/m1/s1. The van der Waals surface area contributed by atoms with Crippen LogP contribution in [0.3, 0.4) is 0 Å². The van der Waals surface area contributed by atoms with E-state index in [0.717, 1.165) is 0 Å². The third-order valence-electron chi connectivity index (χ3n) is 2.62. The van der Waals surface area contributed by atoms with Crippen LogP contribution in [0.2, 0.25) is 0 Å². The number of nitrogens with one attached hydrogen (secondary N) is 1. The van der Waals surface area contributed by atoms with Gasteiger partial charge in [-0.05, 0) is 15.9 Å². The van der Waals surface area contributed by atoms with Crippen LogP contribution in [0.5, 0.6) is 0 Å². The highest BCUT2D eigenvalue weighted by Crippen LogP contribution is 2.27. The molecule has 1 aromatic rings. The Kier molecular flexibility index (Phi) is 3.48. The molecular weight excluding hydrogens is 296 g/mol. The summed E-state index contributed by atoms with van der Waals surface area (Å²) < 4.78 is 6.67. The molecule has 1 saturated heterocycles. The predicted octanol–water partition coefficient (Wildman–Crippen LogP) is -1.06. The lowest BCUT2D eigenvalue weighted by Crippen LogP contribution is -2.32. The maximum atomic E-state index is 11.5. The average Bonchev–Trinajstić information content (AvgIpc) is 2.65. The number of hydrogen-bond donors (Lipinski definition) is 3. The molecular formula is C9H11BrN2O5. The topological polar surface area (TPSA) is 105 Å². The van der Waals surface area contributed by atoms with Crippen molar-refractivity contribution in [2.45, 2.75) is 24.9 Å². The SMILES string of the molecule is O=c1[nH]c(=O)n([C@H]2C[C@@H](O)C(CO)O2)cc1Br. The average molecular weight is 307 g/mol. The molecule has 0 radical (unpaired) electrons. The van der Waals surface area contributed by atoms with Gasteiger partial charge in [0.15, 0.2) is 0 Å². The van der Waals surface area contributed by atoms with Crippen molar-refractivity contribution in [2.75, 3.05) is 6.61 Å². The first-order valence-electron chi connectivity index (χ1n) is 4.98. The van der Waals surface area contributed by atoms with Gasteiger partial charge in [0, 0.05) is 12.6 Å². The highest BCUT2D eigenvalue weighted by atomic mass is 79.9. The number of nitrogens with zero attached hydrogens (tertiary/aromatic N) is 1. The van der Waals surface area contributed by atoms with Crippen LogP contribution in [0.15, 0.2) is 20.3 Å². The van der Waals surface area contributed by atoms with Crippen LogP contribution in [-0.4, -0.2) is 38.6 Å². The van der Waals surface area contributed by atoms with E-state index in [1.165, 1.54) is 10.8 Å². The van der Waals surface area contributed by atoms with Crippen LogP contribution in [0.4, 0.5) is 0 Å². The van der Waals surface area contributed by atoms with Gasteiger partial charge in [-0.25, -0.2) is 4.79 Å². The zero-order valence-electron chi connectivity index (χ0n) is 8.67. The van der Waals surface area contributed by atoms with Gasteiger partial charge in [-0.3, -0.25) is 14.3 Å². The Morgan fingerprint density at radius 1 is 1.59 bits per heavy atom. The Labute approximate surface area is 104 Å². The number of aliphatic hydroxyl groups excluding tert-OH is 2.